The van der Waals surface area contributed by atoms with Crippen LogP contribution in [0.4, 0.5) is 0 Å². The summed E-state index contributed by atoms with van der Waals surface area (Å²) in [6.07, 6.45) is 1.65. The predicted octanol–water partition coefficient (Wildman–Crippen LogP) is 2.64. The number of carbonyl (C=O) groups is 1. The van der Waals surface area contributed by atoms with E-state index in [9.17, 15) is 9.90 Å². The summed E-state index contributed by atoms with van der Waals surface area (Å²) in [6, 6.07) is 8.34. The monoisotopic (exact) mass is 273 g/mol. The first kappa shape index (κ1) is 13.9. The van der Waals surface area contributed by atoms with Crippen molar-refractivity contribution in [3.05, 3.63) is 42.1 Å². The van der Waals surface area contributed by atoms with Gasteiger partial charge in [0.2, 0.25) is 5.88 Å². The number of aromatic nitrogens is 1. The van der Waals surface area contributed by atoms with Crippen molar-refractivity contribution < 1.29 is 19.4 Å². The first-order chi connectivity index (χ1) is 9.65. The van der Waals surface area contributed by atoms with Crippen LogP contribution in [0.1, 0.15) is 17.3 Å². The fourth-order valence-corrected chi connectivity index (χ4v) is 1.78. The fraction of sp³-hybridized carbons (Fsp3) is 0.200. The summed E-state index contributed by atoms with van der Waals surface area (Å²) in [5, 5.41) is 9.85. The molecular weight excluding hydrogens is 258 g/mol. The van der Waals surface area contributed by atoms with Crippen molar-refractivity contribution in [3.63, 3.8) is 0 Å². The molecule has 0 saturated heterocycles. The Hall–Kier alpha value is -2.56. The van der Waals surface area contributed by atoms with Gasteiger partial charge in [-0.25, -0.2) is 9.78 Å². The van der Waals surface area contributed by atoms with Crippen molar-refractivity contribution in [2.75, 3.05) is 13.7 Å². The highest BCUT2D eigenvalue weighted by Gasteiger charge is 2.12. The zero-order chi connectivity index (χ0) is 14.5. The van der Waals surface area contributed by atoms with E-state index in [0.29, 0.717) is 12.5 Å². The Morgan fingerprint density at radius 3 is 2.55 bits per heavy atom. The molecule has 104 valence electrons. The zero-order valence-corrected chi connectivity index (χ0v) is 11.3. The van der Waals surface area contributed by atoms with Gasteiger partial charge in [-0.3, -0.25) is 0 Å². The maximum atomic E-state index is 11.4. The van der Waals surface area contributed by atoms with E-state index in [1.165, 1.54) is 19.2 Å². The molecule has 0 aliphatic heterocycles. The third-order valence-electron chi connectivity index (χ3n) is 2.76. The van der Waals surface area contributed by atoms with E-state index >= 15 is 0 Å². The van der Waals surface area contributed by atoms with Gasteiger partial charge in [-0.1, -0.05) is 6.07 Å². The van der Waals surface area contributed by atoms with Gasteiger partial charge < -0.3 is 14.6 Å². The molecule has 0 saturated carbocycles. The molecule has 1 aromatic carbocycles. The van der Waals surface area contributed by atoms with Gasteiger partial charge in [-0.15, -0.1) is 0 Å². The number of aromatic hydroxyl groups is 1. The normalized spacial score (nSPS) is 10.1. The molecule has 0 amide bonds. The smallest absolute Gasteiger partial charge is 0.341 e. The van der Waals surface area contributed by atoms with Crippen molar-refractivity contribution >= 4 is 5.97 Å². The number of nitrogens with zero attached hydrogens (tertiary/aromatic N) is 1. The van der Waals surface area contributed by atoms with Crippen LogP contribution >= 0.6 is 0 Å². The van der Waals surface area contributed by atoms with E-state index in [0.717, 1.165) is 11.1 Å². The predicted molar refractivity (Wildman–Crippen MR) is 73.8 cm³/mol. The summed E-state index contributed by atoms with van der Waals surface area (Å²) in [5.41, 5.74) is 1.71. The van der Waals surface area contributed by atoms with E-state index in [4.69, 9.17) is 4.74 Å². The summed E-state index contributed by atoms with van der Waals surface area (Å²) < 4.78 is 9.84. The second-order valence-electron chi connectivity index (χ2n) is 4.04. The van der Waals surface area contributed by atoms with E-state index in [1.807, 2.05) is 13.0 Å². The molecule has 0 atom stereocenters. The lowest BCUT2D eigenvalue weighted by atomic mass is 10.0. The largest absolute Gasteiger partial charge is 0.507 e. The molecule has 2 aromatic rings. The average molecular weight is 273 g/mol. The van der Waals surface area contributed by atoms with Gasteiger partial charge in [-0.2, -0.15) is 0 Å². The first-order valence-electron chi connectivity index (χ1n) is 6.16. The second-order valence-corrected chi connectivity index (χ2v) is 4.04. The minimum Gasteiger partial charge on any atom is -0.507 e. The maximum absolute atomic E-state index is 11.4. The topological polar surface area (TPSA) is 68.7 Å². The van der Waals surface area contributed by atoms with Gasteiger partial charge in [0.25, 0.3) is 0 Å². The number of methoxy groups -OCH3 is 1. The van der Waals surface area contributed by atoms with E-state index in [-0.39, 0.29) is 11.3 Å². The Labute approximate surface area is 116 Å². The number of carbonyl (C=O) groups excluding carboxylic acids is 1. The molecule has 0 bridgehead atoms. The van der Waals surface area contributed by atoms with Crippen LogP contribution in [0, 0.1) is 0 Å². The van der Waals surface area contributed by atoms with Crippen molar-refractivity contribution in [1.29, 1.82) is 0 Å². The molecule has 0 aliphatic rings. The van der Waals surface area contributed by atoms with Gasteiger partial charge in [0, 0.05) is 17.8 Å². The molecule has 1 heterocycles. The SMILES string of the molecule is CCOc1ccc(-c2ccc(C(=O)OC)c(O)c2)cn1. The third-order valence-corrected chi connectivity index (χ3v) is 2.76. The Balaban J connectivity index is 2.29. The highest BCUT2D eigenvalue weighted by molar-refractivity contribution is 5.93. The summed E-state index contributed by atoms with van der Waals surface area (Å²) in [6.45, 7) is 2.44. The van der Waals surface area contributed by atoms with Crippen LogP contribution in [-0.4, -0.2) is 29.8 Å². The minimum atomic E-state index is -0.570. The van der Waals surface area contributed by atoms with E-state index in [2.05, 4.69) is 9.72 Å². The summed E-state index contributed by atoms with van der Waals surface area (Å²) in [7, 11) is 1.27. The Kier molecular flexibility index (Phi) is 4.20. The number of benzene rings is 1. The van der Waals surface area contributed by atoms with E-state index in [1.54, 1.807) is 18.3 Å². The zero-order valence-electron chi connectivity index (χ0n) is 11.3. The molecule has 0 radical (unpaired) electrons. The van der Waals surface area contributed by atoms with Gasteiger partial charge in [0.1, 0.15) is 11.3 Å². The molecule has 5 heteroatoms. The van der Waals surface area contributed by atoms with Gasteiger partial charge in [0.05, 0.1) is 13.7 Å². The molecule has 2 rings (SSSR count). The Morgan fingerprint density at radius 2 is 2.00 bits per heavy atom. The lowest BCUT2D eigenvalue weighted by Crippen LogP contribution is -2.01. The summed E-state index contributed by atoms with van der Waals surface area (Å²) in [4.78, 5) is 15.5. The number of rotatable bonds is 4. The van der Waals surface area contributed by atoms with E-state index < -0.39 is 5.97 Å². The highest BCUT2D eigenvalue weighted by atomic mass is 16.5. The number of pyridine rings is 1. The number of hydrogen-bond donors (Lipinski definition) is 1. The number of hydrogen-bond acceptors (Lipinski definition) is 5. The van der Waals surface area contributed by atoms with Gasteiger partial charge >= 0.3 is 5.97 Å². The molecule has 1 aromatic heterocycles. The third kappa shape index (κ3) is 2.88. The van der Waals surface area contributed by atoms with Crippen LogP contribution in [-0.2, 0) is 4.74 Å². The quantitative estimate of drug-likeness (QED) is 0.867. The van der Waals surface area contributed by atoms with Gasteiger partial charge in [-0.05, 0) is 30.7 Å². The molecule has 0 unspecified atom stereocenters. The van der Waals surface area contributed by atoms with Crippen molar-refractivity contribution in [2.45, 2.75) is 6.92 Å². The lowest BCUT2D eigenvalue weighted by molar-refractivity contribution is 0.0597. The Morgan fingerprint density at radius 1 is 1.25 bits per heavy atom. The van der Waals surface area contributed by atoms with Crippen molar-refractivity contribution in [1.82, 2.24) is 4.98 Å². The van der Waals surface area contributed by atoms with Crippen LogP contribution in [0.15, 0.2) is 36.5 Å². The van der Waals surface area contributed by atoms with Crippen molar-refractivity contribution in [3.8, 4) is 22.8 Å². The van der Waals surface area contributed by atoms with Crippen LogP contribution in [0.25, 0.3) is 11.1 Å². The number of ether oxygens (including phenoxy) is 2. The van der Waals surface area contributed by atoms with Crippen LogP contribution in [0.2, 0.25) is 0 Å². The Bertz CT molecular complexity index is 608. The van der Waals surface area contributed by atoms with Crippen LogP contribution in [0.3, 0.4) is 0 Å². The molecule has 0 fully saturated rings. The molecule has 0 aliphatic carbocycles. The highest BCUT2D eigenvalue weighted by Crippen LogP contribution is 2.27. The molecule has 5 nitrogen and oxygen atoms in total. The molecule has 0 spiro atoms. The lowest BCUT2D eigenvalue weighted by Gasteiger charge is -2.07. The molecule has 1 N–H and O–H groups in total. The fourth-order valence-electron chi connectivity index (χ4n) is 1.78. The maximum Gasteiger partial charge on any atom is 0.341 e. The van der Waals surface area contributed by atoms with Crippen LogP contribution < -0.4 is 4.74 Å². The number of esters is 1. The van der Waals surface area contributed by atoms with Crippen molar-refractivity contribution in [2.24, 2.45) is 0 Å². The minimum absolute atomic E-state index is 0.122. The molecular formula is C15H15NO4. The second kappa shape index (κ2) is 6.06. The van der Waals surface area contributed by atoms with Crippen LogP contribution in [0.5, 0.6) is 11.6 Å². The number of phenols is 1. The summed E-state index contributed by atoms with van der Waals surface area (Å²) >= 11 is 0. The number of phenolic OH excluding ortho intramolecular Hbond substituents is 1. The first-order valence-corrected chi connectivity index (χ1v) is 6.16. The standard InChI is InChI=1S/C15H15NO4/c1-3-20-14-7-5-11(9-16-14)10-4-6-12(13(17)8-10)15(18)19-2/h4-9,17H,3H2,1-2H3. The summed E-state index contributed by atoms with van der Waals surface area (Å²) in [5.74, 6) is -0.145. The molecule has 20 heavy (non-hydrogen) atoms. The average Bonchev–Trinajstić information content (AvgIpc) is 2.47. The van der Waals surface area contributed by atoms with Gasteiger partial charge in [0.15, 0.2) is 0 Å².